The third-order valence-electron chi connectivity index (χ3n) is 1.92. The van der Waals surface area contributed by atoms with Crippen molar-refractivity contribution >= 4 is 35.3 Å². The van der Waals surface area contributed by atoms with Gasteiger partial charge < -0.3 is 15.3 Å². The normalized spacial score (nSPS) is 9.89. The van der Waals surface area contributed by atoms with Crippen molar-refractivity contribution in [1.82, 2.24) is 4.98 Å². The maximum Gasteiger partial charge on any atom is 0.313 e. The number of carbonyl (C=O) groups excluding carboxylic acids is 1. The third kappa shape index (κ3) is 5.05. The Morgan fingerprint density at radius 3 is 2.72 bits per heavy atom. The highest BCUT2D eigenvalue weighted by Gasteiger charge is 2.06. The van der Waals surface area contributed by atoms with Gasteiger partial charge in [0, 0.05) is 14.1 Å². The van der Waals surface area contributed by atoms with Crippen LogP contribution < -0.4 is 10.2 Å². The van der Waals surface area contributed by atoms with Crippen LogP contribution in [0.2, 0.25) is 0 Å². The number of pyridine rings is 1. The highest BCUT2D eigenvalue weighted by Crippen LogP contribution is 2.11. The average molecular weight is 269 g/mol. The van der Waals surface area contributed by atoms with Gasteiger partial charge in [-0.1, -0.05) is 6.07 Å². The summed E-state index contributed by atoms with van der Waals surface area (Å²) in [5, 5.41) is 11.1. The number of carboxylic acids is 1. The number of thioether (sulfide) groups is 1. The number of hydrogen-bond acceptors (Lipinski definition) is 5. The molecule has 0 unspecified atom stereocenters. The van der Waals surface area contributed by atoms with Crippen LogP contribution in [0.5, 0.6) is 0 Å². The standard InChI is InChI=1S/C11H15N3O3S/c1-14(2)9-5-3-4-8(12-9)13-10(15)6-18-7-11(16)17/h3-5H,6-7H2,1-2H3,(H,16,17)(H,12,13,15). The number of aromatic nitrogens is 1. The van der Waals surface area contributed by atoms with Crippen LogP contribution in [0.1, 0.15) is 0 Å². The third-order valence-corrected chi connectivity index (χ3v) is 2.84. The van der Waals surface area contributed by atoms with E-state index in [1.807, 2.05) is 25.1 Å². The maximum absolute atomic E-state index is 11.5. The topological polar surface area (TPSA) is 82.5 Å². The zero-order valence-electron chi connectivity index (χ0n) is 10.2. The van der Waals surface area contributed by atoms with Crippen LogP contribution in [0.15, 0.2) is 18.2 Å². The molecule has 6 nitrogen and oxygen atoms in total. The number of nitrogens with zero attached hydrogens (tertiary/aromatic N) is 2. The summed E-state index contributed by atoms with van der Waals surface area (Å²) in [6.07, 6.45) is 0. The highest BCUT2D eigenvalue weighted by atomic mass is 32.2. The van der Waals surface area contributed by atoms with E-state index in [0.29, 0.717) is 5.82 Å². The summed E-state index contributed by atoms with van der Waals surface area (Å²) < 4.78 is 0. The minimum Gasteiger partial charge on any atom is -0.481 e. The second-order valence-electron chi connectivity index (χ2n) is 3.71. The molecular weight excluding hydrogens is 254 g/mol. The summed E-state index contributed by atoms with van der Waals surface area (Å²) in [4.78, 5) is 27.8. The van der Waals surface area contributed by atoms with Gasteiger partial charge in [0.2, 0.25) is 5.91 Å². The molecule has 0 saturated carbocycles. The Kier molecular flexibility index (Phi) is 5.44. The second-order valence-corrected chi connectivity index (χ2v) is 4.70. The monoisotopic (exact) mass is 269 g/mol. The largest absolute Gasteiger partial charge is 0.481 e. The van der Waals surface area contributed by atoms with Crippen LogP contribution in [-0.2, 0) is 9.59 Å². The van der Waals surface area contributed by atoms with Crippen molar-refractivity contribution in [2.45, 2.75) is 0 Å². The molecule has 0 aromatic carbocycles. The van der Waals surface area contributed by atoms with Crippen molar-refractivity contribution in [2.75, 3.05) is 35.8 Å². The predicted octanol–water partition coefficient (Wildman–Crippen LogP) is 0.904. The quantitative estimate of drug-likeness (QED) is 0.798. The fraction of sp³-hybridized carbons (Fsp3) is 0.364. The van der Waals surface area contributed by atoms with Gasteiger partial charge >= 0.3 is 5.97 Å². The van der Waals surface area contributed by atoms with E-state index in [1.165, 1.54) is 0 Å². The van der Waals surface area contributed by atoms with Crippen molar-refractivity contribution in [3.8, 4) is 0 Å². The lowest BCUT2D eigenvalue weighted by Gasteiger charge is -2.12. The van der Waals surface area contributed by atoms with Gasteiger partial charge in [-0.25, -0.2) is 4.98 Å². The van der Waals surface area contributed by atoms with Gasteiger partial charge in [0.15, 0.2) is 0 Å². The molecule has 0 saturated heterocycles. The molecule has 2 N–H and O–H groups in total. The molecule has 0 atom stereocenters. The van der Waals surface area contributed by atoms with Crippen molar-refractivity contribution in [3.05, 3.63) is 18.2 Å². The van der Waals surface area contributed by atoms with Gasteiger partial charge in [-0.15, -0.1) is 11.8 Å². The van der Waals surface area contributed by atoms with Gasteiger partial charge in [0.25, 0.3) is 0 Å². The van der Waals surface area contributed by atoms with Gasteiger partial charge in [0.1, 0.15) is 11.6 Å². The Morgan fingerprint density at radius 1 is 1.39 bits per heavy atom. The molecule has 0 bridgehead atoms. The van der Waals surface area contributed by atoms with Gasteiger partial charge in [-0.2, -0.15) is 0 Å². The number of rotatable bonds is 6. The van der Waals surface area contributed by atoms with Gasteiger partial charge in [0.05, 0.1) is 11.5 Å². The molecule has 7 heteroatoms. The predicted molar refractivity (Wildman–Crippen MR) is 72.2 cm³/mol. The van der Waals surface area contributed by atoms with Crippen LogP contribution in [0, 0.1) is 0 Å². The molecule has 1 heterocycles. The van der Waals surface area contributed by atoms with Gasteiger partial charge in [-0.3, -0.25) is 9.59 Å². The number of hydrogen-bond donors (Lipinski definition) is 2. The lowest BCUT2D eigenvalue weighted by molar-refractivity contribution is -0.133. The number of amides is 1. The van der Waals surface area contributed by atoms with E-state index in [0.717, 1.165) is 17.6 Å². The van der Waals surface area contributed by atoms with E-state index in [1.54, 1.807) is 12.1 Å². The van der Waals surface area contributed by atoms with Crippen molar-refractivity contribution < 1.29 is 14.7 Å². The van der Waals surface area contributed by atoms with Crippen LogP contribution in [0.3, 0.4) is 0 Å². The van der Waals surface area contributed by atoms with E-state index in [2.05, 4.69) is 10.3 Å². The van der Waals surface area contributed by atoms with E-state index < -0.39 is 5.97 Å². The fourth-order valence-electron chi connectivity index (χ4n) is 1.15. The Bertz CT molecular complexity index is 437. The number of aliphatic carboxylic acids is 1. The number of anilines is 2. The number of carbonyl (C=O) groups is 2. The first-order chi connectivity index (χ1) is 8.49. The Balaban J connectivity index is 2.49. The summed E-state index contributed by atoms with van der Waals surface area (Å²) in [6, 6.07) is 5.31. The molecular formula is C11H15N3O3S. The molecule has 0 spiro atoms. The zero-order chi connectivity index (χ0) is 13.5. The molecule has 98 valence electrons. The first-order valence-electron chi connectivity index (χ1n) is 5.23. The number of nitrogens with one attached hydrogen (secondary N) is 1. The van der Waals surface area contributed by atoms with Crippen LogP contribution >= 0.6 is 11.8 Å². The van der Waals surface area contributed by atoms with Gasteiger partial charge in [-0.05, 0) is 12.1 Å². The van der Waals surface area contributed by atoms with Crippen LogP contribution in [-0.4, -0.2) is 47.6 Å². The van der Waals surface area contributed by atoms with Crippen molar-refractivity contribution in [1.29, 1.82) is 0 Å². The Hall–Kier alpha value is -1.76. The zero-order valence-corrected chi connectivity index (χ0v) is 11.0. The second kappa shape index (κ2) is 6.85. The smallest absolute Gasteiger partial charge is 0.313 e. The maximum atomic E-state index is 11.5. The molecule has 0 radical (unpaired) electrons. The molecule has 0 fully saturated rings. The number of carboxylic acid groups (broad SMARTS) is 1. The van der Waals surface area contributed by atoms with E-state index >= 15 is 0 Å². The van der Waals surface area contributed by atoms with E-state index in [4.69, 9.17) is 5.11 Å². The lowest BCUT2D eigenvalue weighted by atomic mass is 10.4. The molecule has 1 amide bonds. The Labute approximate surface area is 109 Å². The van der Waals surface area contributed by atoms with Crippen molar-refractivity contribution in [2.24, 2.45) is 0 Å². The molecule has 1 aromatic heterocycles. The fourth-order valence-corrected chi connectivity index (χ4v) is 1.69. The summed E-state index contributed by atoms with van der Waals surface area (Å²) in [5.41, 5.74) is 0. The first kappa shape index (κ1) is 14.3. The minimum absolute atomic E-state index is 0.0847. The molecule has 1 aromatic rings. The summed E-state index contributed by atoms with van der Waals surface area (Å²) in [6.45, 7) is 0. The van der Waals surface area contributed by atoms with Crippen LogP contribution in [0.4, 0.5) is 11.6 Å². The molecule has 0 aliphatic rings. The Morgan fingerprint density at radius 2 is 2.11 bits per heavy atom. The summed E-state index contributed by atoms with van der Waals surface area (Å²) in [7, 11) is 3.72. The van der Waals surface area contributed by atoms with E-state index in [9.17, 15) is 9.59 Å². The summed E-state index contributed by atoms with van der Waals surface area (Å²) in [5.74, 6) is 0.0250. The molecule has 0 aliphatic heterocycles. The summed E-state index contributed by atoms with van der Waals surface area (Å²) >= 11 is 1.05. The molecule has 18 heavy (non-hydrogen) atoms. The molecule has 1 rings (SSSR count). The lowest BCUT2D eigenvalue weighted by Crippen LogP contribution is -2.17. The SMILES string of the molecule is CN(C)c1cccc(NC(=O)CSCC(=O)O)n1. The molecule has 0 aliphatic carbocycles. The average Bonchev–Trinajstić information content (AvgIpc) is 2.28. The van der Waals surface area contributed by atoms with Crippen LogP contribution in [0.25, 0.3) is 0 Å². The van der Waals surface area contributed by atoms with E-state index in [-0.39, 0.29) is 17.4 Å². The first-order valence-corrected chi connectivity index (χ1v) is 6.38. The minimum atomic E-state index is -0.930. The highest BCUT2D eigenvalue weighted by molar-refractivity contribution is 8.00. The van der Waals surface area contributed by atoms with Crippen molar-refractivity contribution in [3.63, 3.8) is 0 Å².